The molecule has 34 heavy (non-hydrogen) atoms. The van der Waals surface area contributed by atoms with Crippen LogP contribution in [0.2, 0.25) is 0 Å². The lowest BCUT2D eigenvalue weighted by atomic mass is 10.1. The van der Waals surface area contributed by atoms with Gasteiger partial charge in [-0.15, -0.1) is 0 Å². The molecule has 3 aromatic rings. The van der Waals surface area contributed by atoms with Crippen LogP contribution in [-0.4, -0.2) is 49.8 Å². The van der Waals surface area contributed by atoms with Crippen LogP contribution in [0.1, 0.15) is 49.6 Å². The predicted molar refractivity (Wildman–Crippen MR) is 123 cm³/mol. The fourth-order valence-electron chi connectivity index (χ4n) is 4.41. The normalized spacial score (nSPS) is 19.5. The number of rotatable bonds is 6. The van der Waals surface area contributed by atoms with Crippen LogP contribution < -0.4 is 15.5 Å². The van der Waals surface area contributed by atoms with Crippen LogP contribution in [0.4, 0.5) is 32.1 Å². The molecule has 178 valence electrons. The lowest BCUT2D eigenvalue weighted by Gasteiger charge is -2.25. The van der Waals surface area contributed by atoms with Gasteiger partial charge < -0.3 is 15.5 Å². The maximum absolute atomic E-state index is 14.3. The highest BCUT2D eigenvalue weighted by atomic mass is 19.1. The Morgan fingerprint density at radius 2 is 2.12 bits per heavy atom. The van der Waals surface area contributed by atoms with Crippen molar-refractivity contribution in [3.8, 4) is 0 Å². The highest BCUT2D eigenvalue weighted by Gasteiger charge is 2.35. The summed E-state index contributed by atoms with van der Waals surface area (Å²) in [6, 6.07) is 4.06. The molecule has 0 spiro atoms. The number of nitrogens with one attached hydrogen (secondary N) is 3. The SMILES string of the molecule is CC(C)c1cc(Nc2nc(N3CCC[C@H]3C(=O)Nc3ccc(F)nc3)nc3c2C[C@H](F)C3)n[nH]1. The molecule has 0 unspecified atom stereocenters. The Labute approximate surface area is 195 Å². The Balaban J connectivity index is 1.42. The maximum atomic E-state index is 14.3. The minimum atomic E-state index is -1.02. The number of hydrogen-bond acceptors (Lipinski definition) is 7. The van der Waals surface area contributed by atoms with Crippen molar-refractivity contribution in [1.29, 1.82) is 0 Å². The molecule has 1 saturated heterocycles. The molecular weight excluding hydrogens is 442 g/mol. The van der Waals surface area contributed by atoms with E-state index in [2.05, 4.69) is 44.6 Å². The zero-order valence-corrected chi connectivity index (χ0v) is 19.0. The second-order valence-electron chi connectivity index (χ2n) is 9.00. The molecule has 1 amide bonds. The van der Waals surface area contributed by atoms with Gasteiger partial charge in [0.2, 0.25) is 17.8 Å². The summed E-state index contributed by atoms with van der Waals surface area (Å²) in [6.45, 7) is 4.72. The fraction of sp³-hybridized carbons (Fsp3) is 0.435. The number of anilines is 4. The number of halogens is 2. The minimum absolute atomic E-state index is 0.212. The van der Waals surface area contributed by atoms with E-state index in [-0.39, 0.29) is 24.7 Å². The van der Waals surface area contributed by atoms with Gasteiger partial charge in [0.25, 0.3) is 0 Å². The van der Waals surface area contributed by atoms with Gasteiger partial charge in [0.1, 0.15) is 18.0 Å². The molecule has 0 bridgehead atoms. The Morgan fingerprint density at radius 3 is 2.85 bits per heavy atom. The number of aromatic nitrogens is 5. The third-order valence-electron chi connectivity index (χ3n) is 6.19. The van der Waals surface area contributed by atoms with Gasteiger partial charge in [-0.2, -0.15) is 14.5 Å². The first-order valence-electron chi connectivity index (χ1n) is 11.4. The van der Waals surface area contributed by atoms with Crippen LogP contribution in [0.25, 0.3) is 0 Å². The van der Waals surface area contributed by atoms with Crippen LogP contribution in [0.3, 0.4) is 0 Å². The van der Waals surface area contributed by atoms with E-state index in [0.29, 0.717) is 41.9 Å². The number of H-pyrrole nitrogens is 1. The Kier molecular flexibility index (Phi) is 5.84. The number of nitrogens with zero attached hydrogens (tertiary/aromatic N) is 5. The Hall–Kier alpha value is -3.63. The highest BCUT2D eigenvalue weighted by Crippen LogP contribution is 2.34. The number of hydrogen-bond donors (Lipinski definition) is 3. The standard InChI is InChI=1S/C23H26F2N8O/c1-12(2)16-10-20(32-31-16)29-21-15-8-13(24)9-17(15)28-23(30-21)33-7-3-4-18(33)22(34)27-14-5-6-19(25)26-11-14/h5-6,10-13,18H,3-4,7-9H2,1-2H3,(H,27,34)(H2,28,29,30,31,32)/t13-,18-/m0/s1. The maximum Gasteiger partial charge on any atom is 0.247 e. The number of amides is 1. The number of aromatic amines is 1. The molecular formula is C23H26F2N8O. The molecule has 2 aliphatic rings. The average Bonchev–Trinajstić information content (AvgIpc) is 3.54. The van der Waals surface area contributed by atoms with Crippen molar-refractivity contribution in [2.75, 3.05) is 22.1 Å². The van der Waals surface area contributed by atoms with E-state index in [1.54, 1.807) is 0 Å². The first-order valence-corrected chi connectivity index (χ1v) is 11.4. The molecule has 1 fully saturated rings. The molecule has 1 aliphatic heterocycles. The predicted octanol–water partition coefficient (Wildman–Crippen LogP) is 3.65. The fourth-order valence-corrected chi connectivity index (χ4v) is 4.41. The van der Waals surface area contributed by atoms with Crippen LogP contribution in [-0.2, 0) is 17.6 Å². The second kappa shape index (κ2) is 8.96. The van der Waals surface area contributed by atoms with Gasteiger partial charge in [0.05, 0.1) is 17.6 Å². The summed E-state index contributed by atoms with van der Waals surface area (Å²) in [5.74, 6) is 0.903. The third-order valence-corrected chi connectivity index (χ3v) is 6.19. The van der Waals surface area contributed by atoms with E-state index in [1.165, 1.54) is 18.3 Å². The molecule has 0 radical (unpaired) electrons. The topological polar surface area (TPSA) is 112 Å². The number of pyridine rings is 1. The van der Waals surface area contributed by atoms with Gasteiger partial charge in [-0.3, -0.25) is 9.89 Å². The first kappa shape index (κ1) is 22.2. The van der Waals surface area contributed by atoms with E-state index < -0.39 is 18.2 Å². The minimum Gasteiger partial charge on any atom is -0.329 e. The van der Waals surface area contributed by atoms with Crippen LogP contribution in [0.5, 0.6) is 0 Å². The van der Waals surface area contributed by atoms with Gasteiger partial charge in [-0.25, -0.2) is 14.4 Å². The summed E-state index contributed by atoms with van der Waals surface area (Å²) in [5, 5.41) is 13.3. The number of carbonyl (C=O) groups is 1. The lowest BCUT2D eigenvalue weighted by molar-refractivity contribution is -0.117. The summed E-state index contributed by atoms with van der Waals surface area (Å²) < 4.78 is 27.4. The molecule has 11 heteroatoms. The van der Waals surface area contributed by atoms with Crippen molar-refractivity contribution in [3.63, 3.8) is 0 Å². The second-order valence-corrected chi connectivity index (χ2v) is 9.00. The van der Waals surface area contributed by atoms with Gasteiger partial charge in [0, 0.05) is 36.7 Å². The smallest absolute Gasteiger partial charge is 0.247 e. The van der Waals surface area contributed by atoms with Crippen molar-refractivity contribution >= 4 is 29.2 Å². The van der Waals surface area contributed by atoms with E-state index in [4.69, 9.17) is 4.98 Å². The molecule has 9 nitrogen and oxygen atoms in total. The monoisotopic (exact) mass is 468 g/mol. The summed E-state index contributed by atoms with van der Waals surface area (Å²) in [4.78, 5) is 27.7. The third kappa shape index (κ3) is 4.42. The Bertz CT molecular complexity index is 1200. The van der Waals surface area contributed by atoms with Gasteiger partial charge in [0.15, 0.2) is 5.82 Å². The van der Waals surface area contributed by atoms with E-state index in [1.807, 2.05) is 11.0 Å². The molecule has 1 aliphatic carbocycles. The van der Waals surface area contributed by atoms with Gasteiger partial charge >= 0.3 is 0 Å². The van der Waals surface area contributed by atoms with Crippen LogP contribution >= 0.6 is 0 Å². The summed E-state index contributed by atoms with van der Waals surface area (Å²) in [6.07, 6.45) is 2.11. The molecule has 2 atom stereocenters. The molecule has 3 N–H and O–H groups in total. The summed E-state index contributed by atoms with van der Waals surface area (Å²) >= 11 is 0. The number of alkyl halides is 1. The average molecular weight is 469 g/mol. The van der Waals surface area contributed by atoms with Crippen molar-refractivity contribution in [2.45, 2.75) is 57.7 Å². The quantitative estimate of drug-likeness (QED) is 0.474. The number of fused-ring (bicyclic) bond motifs is 1. The summed E-state index contributed by atoms with van der Waals surface area (Å²) in [5.41, 5.74) is 2.77. The Morgan fingerprint density at radius 1 is 1.26 bits per heavy atom. The molecule has 0 aromatic carbocycles. The molecule has 5 rings (SSSR count). The van der Waals surface area contributed by atoms with Crippen molar-refractivity contribution in [3.05, 3.63) is 47.3 Å². The van der Waals surface area contributed by atoms with Crippen LogP contribution in [0.15, 0.2) is 24.4 Å². The van der Waals surface area contributed by atoms with E-state index in [0.717, 1.165) is 17.7 Å². The van der Waals surface area contributed by atoms with Crippen molar-refractivity contribution < 1.29 is 13.6 Å². The van der Waals surface area contributed by atoms with Crippen LogP contribution in [0, 0.1) is 5.95 Å². The summed E-state index contributed by atoms with van der Waals surface area (Å²) in [7, 11) is 0. The van der Waals surface area contributed by atoms with Crippen molar-refractivity contribution in [1.82, 2.24) is 25.1 Å². The molecule has 0 saturated carbocycles. The van der Waals surface area contributed by atoms with E-state index in [9.17, 15) is 13.6 Å². The highest BCUT2D eigenvalue weighted by molar-refractivity contribution is 5.96. The van der Waals surface area contributed by atoms with Gasteiger partial charge in [-0.1, -0.05) is 13.8 Å². The lowest BCUT2D eigenvalue weighted by Crippen LogP contribution is -2.40. The van der Waals surface area contributed by atoms with Crippen molar-refractivity contribution in [2.24, 2.45) is 0 Å². The zero-order chi connectivity index (χ0) is 23.8. The zero-order valence-electron chi connectivity index (χ0n) is 19.0. The number of carbonyl (C=O) groups excluding carboxylic acids is 1. The molecule has 4 heterocycles. The van der Waals surface area contributed by atoms with E-state index >= 15 is 0 Å². The molecule has 3 aromatic heterocycles. The van der Waals surface area contributed by atoms with Gasteiger partial charge in [-0.05, 0) is 30.9 Å². The largest absolute Gasteiger partial charge is 0.329 e. The first-order chi connectivity index (χ1) is 16.4.